The van der Waals surface area contributed by atoms with Gasteiger partial charge in [0, 0.05) is 23.5 Å². The molecule has 0 aliphatic carbocycles. The standard InChI is InChI=1S/C18H16F2N2O2/c1-11-9-13(19)3-5-15(11)21-17(23)7-8-18(24)22-16-6-4-14(20)10-12(16)2/h3-10H,1-2H3,(H,21,23)(H,22,24)/b8-7-. The van der Waals surface area contributed by atoms with Gasteiger partial charge in [-0.3, -0.25) is 9.59 Å². The van der Waals surface area contributed by atoms with Crippen LogP contribution in [-0.4, -0.2) is 11.8 Å². The summed E-state index contributed by atoms with van der Waals surface area (Å²) in [7, 11) is 0. The van der Waals surface area contributed by atoms with Gasteiger partial charge in [0.05, 0.1) is 0 Å². The first-order valence-electron chi connectivity index (χ1n) is 7.17. The van der Waals surface area contributed by atoms with E-state index in [2.05, 4.69) is 10.6 Å². The van der Waals surface area contributed by atoms with Crippen LogP contribution in [0.5, 0.6) is 0 Å². The minimum absolute atomic E-state index is 0.393. The lowest BCUT2D eigenvalue weighted by atomic mass is 10.2. The third-order valence-corrected chi connectivity index (χ3v) is 3.28. The third kappa shape index (κ3) is 4.74. The highest BCUT2D eigenvalue weighted by Crippen LogP contribution is 2.16. The van der Waals surface area contributed by atoms with E-state index in [1.54, 1.807) is 13.8 Å². The molecule has 0 heterocycles. The molecule has 0 atom stereocenters. The van der Waals surface area contributed by atoms with Gasteiger partial charge in [0.25, 0.3) is 0 Å². The van der Waals surface area contributed by atoms with Gasteiger partial charge in [-0.15, -0.1) is 0 Å². The van der Waals surface area contributed by atoms with Crippen molar-refractivity contribution < 1.29 is 18.4 Å². The molecule has 2 amide bonds. The number of halogens is 2. The van der Waals surface area contributed by atoms with Crippen LogP contribution in [0.2, 0.25) is 0 Å². The van der Waals surface area contributed by atoms with E-state index in [4.69, 9.17) is 0 Å². The predicted molar refractivity (Wildman–Crippen MR) is 88.7 cm³/mol. The summed E-state index contributed by atoms with van der Waals surface area (Å²) in [5, 5.41) is 5.11. The van der Waals surface area contributed by atoms with Crippen molar-refractivity contribution in [2.45, 2.75) is 13.8 Å². The molecule has 6 heteroatoms. The normalized spacial score (nSPS) is 10.7. The van der Waals surface area contributed by atoms with Crippen molar-refractivity contribution in [1.82, 2.24) is 0 Å². The van der Waals surface area contributed by atoms with E-state index < -0.39 is 23.4 Å². The van der Waals surface area contributed by atoms with Crippen LogP contribution in [0, 0.1) is 25.5 Å². The summed E-state index contributed by atoms with van der Waals surface area (Å²) in [6.07, 6.45) is 2.13. The van der Waals surface area contributed by atoms with Crippen molar-refractivity contribution >= 4 is 23.2 Å². The van der Waals surface area contributed by atoms with Crippen LogP contribution in [-0.2, 0) is 9.59 Å². The van der Waals surface area contributed by atoms with Gasteiger partial charge in [0.1, 0.15) is 11.6 Å². The fourth-order valence-corrected chi connectivity index (χ4v) is 2.03. The Morgan fingerprint density at radius 3 is 1.50 bits per heavy atom. The molecule has 0 fully saturated rings. The monoisotopic (exact) mass is 330 g/mol. The molecule has 2 N–H and O–H groups in total. The van der Waals surface area contributed by atoms with Gasteiger partial charge in [0.15, 0.2) is 0 Å². The lowest BCUT2D eigenvalue weighted by Crippen LogP contribution is -2.13. The number of aryl methyl sites for hydroxylation is 2. The zero-order valence-corrected chi connectivity index (χ0v) is 13.2. The Bertz CT molecular complexity index is 749. The average Bonchev–Trinajstić information content (AvgIpc) is 2.51. The second kappa shape index (κ2) is 7.50. The molecule has 0 aliphatic rings. The van der Waals surface area contributed by atoms with Crippen LogP contribution in [0.15, 0.2) is 48.6 Å². The number of rotatable bonds is 4. The molecule has 0 saturated heterocycles. The SMILES string of the molecule is Cc1cc(F)ccc1NC(=O)/C=C\C(=O)Nc1ccc(F)cc1C. The van der Waals surface area contributed by atoms with E-state index in [1.165, 1.54) is 36.4 Å². The zero-order chi connectivity index (χ0) is 17.7. The number of benzene rings is 2. The summed E-state index contributed by atoms with van der Waals surface area (Å²) in [4.78, 5) is 23.6. The number of carbonyl (C=O) groups is 2. The van der Waals surface area contributed by atoms with E-state index in [0.29, 0.717) is 22.5 Å². The highest BCUT2D eigenvalue weighted by Gasteiger charge is 2.05. The maximum absolute atomic E-state index is 13.0. The molecule has 2 aromatic rings. The average molecular weight is 330 g/mol. The summed E-state index contributed by atoms with van der Waals surface area (Å²) < 4.78 is 26.0. The largest absolute Gasteiger partial charge is 0.322 e. The van der Waals surface area contributed by atoms with Gasteiger partial charge in [-0.25, -0.2) is 8.78 Å². The molecule has 0 saturated carbocycles. The first-order valence-corrected chi connectivity index (χ1v) is 7.17. The Balaban J connectivity index is 1.96. The Hall–Kier alpha value is -3.02. The van der Waals surface area contributed by atoms with Gasteiger partial charge < -0.3 is 10.6 Å². The van der Waals surface area contributed by atoms with E-state index in [0.717, 1.165) is 12.2 Å². The molecule has 24 heavy (non-hydrogen) atoms. The number of hydrogen-bond donors (Lipinski definition) is 2. The summed E-state index contributed by atoms with van der Waals surface area (Å²) in [5.74, 6) is -1.82. The van der Waals surface area contributed by atoms with Gasteiger partial charge in [-0.05, 0) is 61.4 Å². The topological polar surface area (TPSA) is 58.2 Å². The zero-order valence-electron chi connectivity index (χ0n) is 13.2. The fraction of sp³-hybridized carbons (Fsp3) is 0.111. The van der Waals surface area contributed by atoms with Gasteiger partial charge in [0.2, 0.25) is 11.8 Å². The van der Waals surface area contributed by atoms with Crippen LogP contribution < -0.4 is 10.6 Å². The number of hydrogen-bond acceptors (Lipinski definition) is 2. The Morgan fingerprint density at radius 2 is 1.17 bits per heavy atom. The second-order valence-corrected chi connectivity index (χ2v) is 5.23. The molecule has 0 aromatic heterocycles. The summed E-state index contributed by atoms with van der Waals surface area (Å²) in [6.45, 7) is 3.32. The lowest BCUT2D eigenvalue weighted by molar-refractivity contribution is -0.114. The molecule has 4 nitrogen and oxygen atoms in total. The van der Waals surface area contributed by atoms with Crippen LogP contribution in [0.3, 0.4) is 0 Å². The predicted octanol–water partition coefficient (Wildman–Crippen LogP) is 3.72. The minimum Gasteiger partial charge on any atom is -0.322 e. The Morgan fingerprint density at radius 1 is 0.792 bits per heavy atom. The summed E-state index contributed by atoms with van der Waals surface area (Å²) in [5.41, 5.74) is 2.06. The van der Waals surface area contributed by atoms with Gasteiger partial charge in [-0.1, -0.05) is 0 Å². The molecule has 0 unspecified atom stereocenters. The van der Waals surface area contributed by atoms with E-state index >= 15 is 0 Å². The fourth-order valence-electron chi connectivity index (χ4n) is 2.03. The van der Waals surface area contributed by atoms with Gasteiger partial charge >= 0.3 is 0 Å². The number of carbonyl (C=O) groups excluding carboxylic acids is 2. The van der Waals surface area contributed by atoms with Crippen molar-refractivity contribution in [2.24, 2.45) is 0 Å². The van der Waals surface area contributed by atoms with E-state index in [-0.39, 0.29) is 0 Å². The van der Waals surface area contributed by atoms with Crippen molar-refractivity contribution in [3.8, 4) is 0 Å². The second-order valence-electron chi connectivity index (χ2n) is 5.23. The van der Waals surface area contributed by atoms with Crippen molar-refractivity contribution in [3.05, 3.63) is 71.3 Å². The molecule has 0 aliphatic heterocycles. The Kier molecular flexibility index (Phi) is 5.42. The van der Waals surface area contributed by atoms with E-state index in [9.17, 15) is 18.4 Å². The molecule has 0 bridgehead atoms. The minimum atomic E-state index is -0.518. The van der Waals surface area contributed by atoms with Crippen LogP contribution in [0.25, 0.3) is 0 Å². The first-order chi connectivity index (χ1) is 11.3. The molecule has 124 valence electrons. The molecular weight excluding hydrogens is 314 g/mol. The smallest absolute Gasteiger partial charge is 0.248 e. The Labute approximate surface area is 138 Å². The highest BCUT2D eigenvalue weighted by molar-refractivity contribution is 6.07. The molecule has 0 spiro atoms. The number of amides is 2. The van der Waals surface area contributed by atoms with E-state index in [1.807, 2.05) is 0 Å². The van der Waals surface area contributed by atoms with Crippen LogP contribution >= 0.6 is 0 Å². The van der Waals surface area contributed by atoms with Crippen molar-refractivity contribution in [2.75, 3.05) is 10.6 Å². The van der Waals surface area contributed by atoms with Crippen molar-refractivity contribution in [3.63, 3.8) is 0 Å². The van der Waals surface area contributed by atoms with Gasteiger partial charge in [-0.2, -0.15) is 0 Å². The molecular formula is C18H16F2N2O2. The molecule has 2 aromatic carbocycles. The number of anilines is 2. The first kappa shape index (κ1) is 17.3. The summed E-state index contributed by atoms with van der Waals surface area (Å²) >= 11 is 0. The third-order valence-electron chi connectivity index (χ3n) is 3.28. The van der Waals surface area contributed by atoms with Crippen molar-refractivity contribution in [1.29, 1.82) is 0 Å². The van der Waals surface area contributed by atoms with Crippen LogP contribution in [0.4, 0.5) is 20.2 Å². The highest BCUT2D eigenvalue weighted by atomic mass is 19.1. The molecule has 0 radical (unpaired) electrons. The maximum Gasteiger partial charge on any atom is 0.248 e. The lowest BCUT2D eigenvalue weighted by Gasteiger charge is -2.07. The molecule has 2 rings (SSSR count). The number of nitrogens with one attached hydrogen (secondary N) is 2. The van der Waals surface area contributed by atoms with Crippen LogP contribution in [0.1, 0.15) is 11.1 Å². The maximum atomic E-state index is 13.0. The quantitative estimate of drug-likeness (QED) is 0.840. The summed E-state index contributed by atoms with van der Waals surface area (Å²) in [6, 6.07) is 7.94.